The Kier molecular flexibility index (Phi) is 5.49. The fourth-order valence-corrected chi connectivity index (χ4v) is 1.52. The third-order valence-corrected chi connectivity index (χ3v) is 2.33. The van der Waals surface area contributed by atoms with E-state index < -0.39 is 5.82 Å². The van der Waals surface area contributed by atoms with Crippen LogP contribution in [0, 0.1) is 5.82 Å². The van der Waals surface area contributed by atoms with Gasteiger partial charge in [-0.1, -0.05) is 12.2 Å². The smallest absolute Gasteiger partial charge is 0.167 e. The van der Waals surface area contributed by atoms with Crippen LogP contribution in [-0.2, 0) is 0 Å². The molecule has 3 nitrogen and oxygen atoms in total. The van der Waals surface area contributed by atoms with E-state index in [4.69, 9.17) is 10.5 Å². The Labute approximate surface area is 108 Å². The molecular weight excluding hydrogens is 231 g/mol. The van der Waals surface area contributed by atoms with Crippen LogP contribution >= 0.6 is 0 Å². The molecule has 1 aromatic rings. The number of ether oxygens (including phenoxy) is 1. The summed E-state index contributed by atoms with van der Waals surface area (Å²) in [6.07, 6.45) is 4.87. The molecule has 0 saturated heterocycles. The lowest BCUT2D eigenvalue weighted by atomic mass is 10.2. The second-order valence-electron chi connectivity index (χ2n) is 4.32. The Morgan fingerprint density at radius 3 is 2.78 bits per heavy atom. The Balaban J connectivity index is 2.77. The molecule has 0 radical (unpaired) electrons. The van der Waals surface area contributed by atoms with Gasteiger partial charge >= 0.3 is 0 Å². The minimum atomic E-state index is -0.430. The standard InChI is InChI=1S/C14H21FN2O/c1-4-5-6-7-17-13-9-14(18-10(2)3)11(15)8-12(13)16/h4-5,8-10,17H,6-7,16H2,1-3H3/b5-4+. The first-order valence-corrected chi connectivity index (χ1v) is 6.15. The molecule has 3 N–H and O–H groups in total. The van der Waals surface area contributed by atoms with Crippen LogP contribution in [0.25, 0.3) is 0 Å². The number of nitrogen functional groups attached to an aromatic ring is 1. The summed E-state index contributed by atoms with van der Waals surface area (Å²) in [5.74, 6) is -0.201. The number of allylic oxidation sites excluding steroid dienone is 1. The molecule has 0 unspecified atom stereocenters. The van der Waals surface area contributed by atoms with E-state index in [1.807, 2.05) is 26.8 Å². The van der Waals surface area contributed by atoms with E-state index >= 15 is 0 Å². The first-order valence-electron chi connectivity index (χ1n) is 6.15. The van der Waals surface area contributed by atoms with E-state index in [9.17, 15) is 4.39 Å². The van der Waals surface area contributed by atoms with Crippen LogP contribution in [0.2, 0.25) is 0 Å². The van der Waals surface area contributed by atoms with Gasteiger partial charge in [0, 0.05) is 18.7 Å². The SMILES string of the molecule is C/C=C/CCNc1cc(OC(C)C)c(F)cc1N. The number of hydrogen-bond donors (Lipinski definition) is 2. The highest BCUT2D eigenvalue weighted by Crippen LogP contribution is 2.28. The molecule has 0 aliphatic carbocycles. The Hall–Kier alpha value is -1.71. The molecule has 0 aliphatic heterocycles. The number of nitrogens with two attached hydrogens (primary N) is 1. The Morgan fingerprint density at radius 2 is 2.17 bits per heavy atom. The molecule has 0 bridgehead atoms. The highest BCUT2D eigenvalue weighted by Gasteiger charge is 2.10. The summed E-state index contributed by atoms with van der Waals surface area (Å²) in [4.78, 5) is 0. The maximum atomic E-state index is 13.6. The molecule has 4 heteroatoms. The molecule has 0 heterocycles. The van der Waals surface area contributed by atoms with Crippen LogP contribution in [-0.4, -0.2) is 12.6 Å². The van der Waals surface area contributed by atoms with Gasteiger partial charge in [-0.25, -0.2) is 4.39 Å². The van der Waals surface area contributed by atoms with Crippen molar-refractivity contribution < 1.29 is 9.13 Å². The van der Waals surface area contributed by atoms with Gasteiger partial charge in [-0.3, -0.25) is 0 Å². The van der Waals surface area contributed by atoms with Crippen LogP contribution in [0.15, 0.2) is 24.3 Å². The van der Waals surface area contributed by atoms with Crippen molar-refractivity contribution in [2.75, 3.05) is 17.6 Å². The molecule has 0 atom stereocenters. The van der Waals surface area contributed by atoms with Crippen LogP contribution in [0.1, 0.15) is 27.2 Å². The zero-order valence-corrected chi connectivity index (χ0v) is 11.2. The van der Waals surface area contributed by atoms with Crippen molar-refractivity contribution in [3.8, 4) is 5.75 Å². The lowest BCUT2D eigenvalue weighted by Crippen LogP contribution is -2.09. The highest BCUT2D eigenvalue weighted by molar-refractivity contribution is 5.68. The molecule has 1 rings (SSSR count). The monoisotopic (exact) mass is 252 g/mol. The maximum Gasteiger partial charge on any atom is 0.167 e. The van der Waals surface area contributed by atoms with Gasteiger partial charge in [0.15, 0.2) is 11.6 Å². The summed E-state index contributed by atoms with van der Waals surface area (Å²) in [7, 11) is 0. The van der Waals surface area contributed by atoms with E-state index in [1.165, 1.54) is 6.07 Å². The Morgan fingerprint density at radius 1 is 1.44 bits per heavy atom. The second-order valence-corrected chi connectivity index (χ2v) is 4.32. The lowest BCUT2D eigenvalue weighted by molar-refractivity contribution is 0.231. The molecule has 0 amide bonds. The fourth-order valence-electron chi connectivity index (χ4n) is 1.52. The number of benzene rings is 1. The number of nitrogens with one attached hydrogen (secondary N) is 1. The summed E-state index contributed by atoms with van der Waals surface area (Å²) >= 11 is 0. The zero-order valence-electron chi connectivity index (χ0n) is 11.2. The second kappa shape index (κ2) is 6.89. The van der Waals surface area contributed by atoms with E-state index in [-0.39, 0.29) is 11.9 Å². The molecule has 18 heavy (non-hydrogen) atoms. The van der Waals surface area contributed by atoms with E-state index in [0.717, 1.165) is 13.0 Å². The third kappa shape index (κ3) is 4.28. The first kappa shape index (κ1) is 14.4. The minimum absolute atomic E-state index is 0.0704. The fraction of sp³-hybridized carbons (Fsp3) is 0.429. The van der Waals surface area contributed by atoms with Crippen LogP contribution in [0.4, 0.5) is 15.8 Å². The maximum absolute atomic E-state index is 13.6. The van der Waals surface area contributed by atoms with E-state index in [2.05, 4.69) is 11.4 Å². The summed E-state index contributed by atoms with van der Waals surface area (Å²) < 4.78 is 19.0. The van der Waals surface area contributed by atoms with Crippen molar-refractivity contribution in [1.29, 1.82) is 0 Å². The summed E-state index contributed by atoms with van der Waals surface area (Å²) in [5, 5.41) is 3.17. The molecular formula is C14H21FN2O. The van der Waals surface area contributed by atoms with E-state index in [0.29, 0.717) is 11.4 Å². The van der Waals surface area contributed by atoms with E-state index in [1.54, 1.807) is 6.07 Å². The third-order valence-electron chi connectivity index (χ3n) is 2.33. The average molecular weight is 252 g/mol. The number of anilines is 2. The Bertz CT molecular complexity index is 417. The number of hydrogen-bond acceptors (Lipinski definition) is 3. The van der Waals surface area contributed by atoms with Gasteiger partial charge in [0.25, 0.3) is 0 Å². The van der Waals surface area contributed by atoms with Gasteiger partial charge in [0.05, 0.1) is 17.5 Å². The summed E-state index contributed by atoms with van der Waals surface area (Å²) in [6, 6.07) is 2.90. The quantitative estimate of drug-likeness (QED) is 0.462. The number of rotatable bonds is 6. The molecule has 100 valence electrons. The van der Waals surface area contributed by atoms with Gasteiger partial charge in [-0.15, -0.1) is 0 Å². The lowest BCUT2D eigenvalue weighted by Gasteiger charge is -2.14. The van der Waals surface area contributed by atoms with Gasteiger partial charge in [-0.2, -0.15) is 0 Å². The molecule has 0 aliphatic rings. The normalized spacial score (nSPS) is 11.2. The van der Waals surface area contributed by atoms with Gasteiger partial charge < -0.3 is 15.8 Å². The average Bonchev–Trinajstić information content (AvgIpc) is 2.29. The summed E-state index contributed by atoms with van der Waals surface area (Å²) in [6.45, 7) is 6.44. The van der Waals surface area contributed by atoms with Crippen molar-refractivity contribution in [3.63, 3.8) is 0 Å². The van der Waals surface area contributed by atoms with Crippen molar-refractivity contribution in [2.24, 2.45) is 0 Å². The van der Waals surface area contributed by atoms with Crippen LogP contribution in [0.5, 0.6) is 5.75 Å². The molecule has 0 fully saturated rings. The first-order chi connectivity index (χ1) is 8.54. The predicted octanol–water partition coefficient (Wildman–Crippen LogP) is 3.57. The predicted molar refractivity (Wildman–Crippen MR) is 74.5 cm³/mol. The van der Waals surface area contributed by atoms with Gasteiger partial charge in [0.2, 0.25) is 0 Å². The van der Waals surface area contributed by atoms with Crippen molar-refractivity contribution >= 4 is 11.4 Å². The zero-order chi connectivity index (χ0) is 13.5. The van der Waals surface area contributed by atoms with Crippen LogP contribution in [0.3, 0.4) is 0 Å². The topological polar surface area (TPSA) is 47.3 Å². The summed E-state index contributed by atoms with van der Waals surface area (Å²) in [5.41, 5.74) is 6.86. The van der Waals surface area contributed by atoms with Crippen molar-refractivity contribution in [2.45, 2.75) is 33.3 Å². The minimum Gasteiger partial charge on any atom is -0.488 e. The van der Waals surface area contributed by atoms with Crippen molar-refractivity contribution in [3.05, 3.63) is 30.1 Å². The molecule has 1 aromatic carbocycles. The largest absolute Gasteiger partial charge is 0.488 e. The molecule has 0 aromatic heterocycles. The van der Waals surface area contributed by atoms with Gasteiger partial charge in [0.1, 0.15) is 0 Å². The molecule has 0 saturated carbocycles. The van der Waals surface area contributed by atoms with Gasteiger partial charge in [-0.05, 0) is 27.2 Å². The molecule has 0 spiro atoms. The number of halogens is 1. The van der Waals surface area contributed by atoms with Crippen molar-refractivity contribution in [1.82, 2.24) is 0 Å². The van der Waals surface area contributed by atoms with Crippen LogP contribution < -0.4 is 15.8 Å². The highest BCUT2D eigenvalue weighted by atomic mass is 19.1.